The minimum absolute atomic E-state index is 0.00384. The van der Waals surface area contributed by atoms with E-state index in [9.17, 15) is 9.59 Å². The summed E-state index contributed by atoms with van der Waals surface area (Å²) in [6, 6.07) is 9.33. The highest BCUT2D eigenvalue weighted by Crippen LogP contribution is 2.62. The lowest BCUT2D eigenvalue weighted by Crippen LogP contribution is -2.61. The highest BCUT2D eigenvalue weighted by atomic mass is 35.5. The van der Waals surface area contributed by atoms with Gasteiger partial charge >= 0.3 is 5.97 Å². The summed E-state index contributed by atoms with van der Waals surface area (Å²) < 4.78 is 6.11. The standard InChI is InChI=1S/C26H34ClNO3/c1-25-14-13-21-19(8-11-23(29)28-16-18(27)12-15-26(21,28)2)20(25)9-10-22(25)31-24(30)17-6-4-3-5-7-17/h3-7,18-22H,8-16H2,1-2H3/t18-,19-,20-,21-,22-,25-,26+/m0/s1. The lowest BCUT2D eigenvalue weighted by Gasteiger charge is -2.56. The van der Waals surface area contributed by atoms with E-state index < -0.39 is 0 Å². The van der Waals surface area contributed by atoms with Crippen molar-refractivity contribution in [3.63, 3.8) is 0 Å². The molecule has 1 amide bonds. The van der Waals surface area contributed by atoms with Gasteiger partial charge in [-0.2, -0.15) is 0 Å². The molecule has 0 bridgehead atoms. The number of rotatable bonds is 2. The fourth-order valence-electron chi connectivity index (χ4n) is 7.66. The van der Waals surface area contributed by atoms with E-state index in [-0.39, 0.29) is 34.3 Å². The maximum atomic E-state index is 13.1. The number of nitrogens with zero attached hydrogens (tertiary/aromatic N) is 1. The molecule has 4 nitrogen and oxygen atoms in total. The number of hydrogen-bond acceptors (Lipinski definition) is 3. The molecule has 1 aromatic carbocycles. The number of halogens is 1. The maximum Gasteiger partial charge on any atom is 0.338 e. The summed E-state index contributed by atoms with van der Waals surface area (Å²) in [5, 5.41) is 0.0793. The van der Waals surface area contributed by atoms with Gasteiger partial charge in [0.25, 0.3) is 0 Å². The Kier molecular flexibility index (Phi) is 5.36. The third-order valence-corrected chi connectivity index (χ3v) is 9.72. The summed E-state index contributed by atoms with van der Waals surface area (Å²) in [5.74, 6) is 1.63. The maximum absolute atomic E-state index is 13.1. The number of benzene rings is 1. The third-order valence-electron chi connectivity index (χ3n) is 9.36. The van der Waals surface area contributed by atoms with Gasteiger partial charge in [-0.3, -0.25) is 4.79 Å². The predicted octanol–water partition coefficient (Wildman–Crippen LogP) is 5.44. The number of piperidine rings is 1. The second-order valence-electron chi connectivity index (χ2n) is 10.8. The van der Waals surface area contributed by atoms with Crippen molar-refractivity contribution in [3.8, 4) is 0 Å². The van der Waals surface area contributed by atoms with Crippen LogP contribution in [0.15, 0.2) is 30.3 Å². The Morgan fingerprint density at radius 1 is 1.03 bits per heavy atom. The minimum Gasteiger partial charge on any atom is -0.458 e. The summed E-state index contributed by atoms with van der Waals surface area (Å²) >= 11 is 6.48. The van der Waals surface area contributed by atoms with Gasteiger partial charge in [-0.25, -0.2) is 4.79 Å². The largest absolute Gasteiger partial charge is 0.458 e. The molecule has 7 atom stereocenters. The van der Waals surface area contributed by atoms with E-state index in [1.165, 1.54) is 0 Å². The van der Waals surface area contributed by atoms with Crippen LogP contribution in [0.3, 0.4) is 0 Å². The first-order valence-corrected chi connectivity index (χ1v) is 12.5. The first kappa shape index (κ1) is 21.3. The number of alkyl halides is 1. The van der Waals surface area contributed by atoms with E-state index in [2.05, 4.69) is 18.7 Å². The monoisotopic (exact) mass is 443 g/mol. The first-order chi connectivity index (χ1) is 14.8. The van der Waals surface area contributed by atoms with E-state index in [1.54, 1.807) is 0 Å². The van der Waals surface area contributed by atoms with Crippen molar-refractivity contribution in [2.75, 3.05) is 6.54 Å². The SMILES string of the molecule is C[C@]12CC[C@H]3[C@@H](CCC(=O)N4C[C@@H](Cl)CC[C@]34C)[C@@H]1CC[C@@H]2OC(=O)c1ccccc1. The summed E-state index contributed by atoms with van der Waals surface area (Å²) in [6.07, 6.45) is 7.73. The summed E-state index contributed by atoms with van der Waals surface area (Å²) in [5.41, 5.74) is 0.553. The van der Waals surface area contributed by atoms with Gasteiger partial charge in [0.05, 0.1) is 10.9 Å². The molecular weight excluding hydrogens is 410 g/mol. The Hall–Kier alpha value is -1.55. The van der Waals surface area contributed by atoms with Crippen LogP contribution in [0.2, 0.25) is 0 Å². The van der Waals surface area contributed by atoms with Crippen LogP contribution in [0, 0.1) is 23.2 Å². The van der Waals surface area contributed by atoms with Crippen LogP contribution in [0.25, 0.3) is 0 Å². The molecule has 0 radical (unpaired) electrons. The topological polar surface area (TPSA) is 46.6 Å². The van der Waals surface area contributed by atoms with Crippen molar-refractivity contribution >= 4 is 23.5 Å². The van der Waals surface area contributed by atoms with Crippen LogP contribution in [0.5, 0.6) is 0 Å². The molecule has 2 saturated carbocycles. The molecule has 2 heterocycles. The average Bonchev–Trinajstić information content (AvgIpc) is 3.05. The van der Waals surface area contributed by atoms with Crippen molar-refractivity contribution in [1.29, 1.82) is 0 Å². The molecule has 2 saturated heterocycles. The molecule has 0 N–H and O–H groups in total. The number of carbonyl (C=O) groups excluding carboxylic acids is 2. The van der Waals surface area contributed by atoms with E-state index in [0.717, 1.165) is 44.9 Å². The van der Waals surface area contributed by atoms with Crippen molar-refractivity contribution in [2.24, 2.45) is 23.2 Å². The number of carbonyl (C=O) groups is 2. The molecule has 1 aromatic rings. The van der Waals surface area contributed by atoms with Crippen LogP contribution >= 0.6 is 11.6 Å². The second kappa shape index (κ2) is 7.79. The van der Waals surface area contributed by atoms with Gasteiger partial charge in [0.15, 0.2) is 0 Å². The molecule has 168 valence electrons. The molecule has 0 spiro atoms. The van der Waals surface area contributed by atoms with Crippen molar-refractivity contribution in [2.45, 2.75) is 82.2 Å². The molecule has 4 fully saturated rings. The van der Waals surface area contributed by atoms with Crippen LogP contribution < -0.4 is 0 Å². The summed E-state index contributed by atoms with van der Waals surface area (Å²) in [6.45, 7) is 5.35. The molecule has 2 aliphatic carbocycles. The number of esters is 1. The van der Waals surface area contributed by atoms with Gasteiger partial charge in [-0.1, -0.05) is 25.1 Å². The number of fused-ring (bicyclic) bond motifs is 5. The van der Waals surface area contributed by atoms with E-state index in [0.29, 0.717) is 36.3 Å². The summed E-state index contributed by atoms with van der Waals surface area (Å²) in [4.78, 5) is 28.0. The lowest BCUT2D eigenvalue weighted by molar-refractivity contribution is -0.142. The zero-order valence-electron chi connectivity index (χ0n) is 18.7. The Morgan fingerprint density at radius 3 is 2.58 bits per heavy atom. The highest BCUT2D eigenvalue weighted by Gasteiger charge is 2.60. The Balaban J connectivity index is 1.39. The van der Waals surface area contributed by atoms with E-state index in [4.69, 9.17) is 16.3 Å². The van der Waals surface area contributed by atoms with Gasteiger partial charge < -0.3 is 9.64 Å². The van der Waals surface area contributed by atoms with E-state index >= 15 is 0 Å². The molecule has 2 aliphatic heterocycles. The minimum atomic E-state index is -0.204. The zero-order chi connectivity index (χ0) is 21.8. The molecule has 31 heavy (non-hydrogen) atoms. The fourth-order valence-corrected chi connectivity index (χ4v) is 7.91. The van der Waals surface area contributed by atoms with Crippen molar-refractivity contribution in [3.05, 3.63) is 35.9 Å². The molecule has 5 rings (SSSR count). The second-order valence-corrected chi connectivity index (χ2v) is 11.4. The summed E-state index contributed by atoms with van der Waals surface area (Å²) in [7, 11) is 0. The number of amides is 1. The molecule has 0 aromatic heterocycles. The Bertz CT molecular complexity index is 859. The van der Waals surface area contributed by atoms with Crippen LogP contribution in [0.1, 0.15) is 75.6 Å². The lowest BCUT2D eigenvalue weighted by atomic mass is 9.54. The van der Waals surface area contributed by atoms with Crippen molar-refractivity contribution < 1.29 is 14.3 Å². The smallest absolute Gasteiger partial charge is 0.338 e. The molecule has 4 aliphatic rings. The molecular formula is C26H34ClNO3. The average molecular weight is 444 g/mol. The zero-order valence-corrected chi connectivity index (χ0v) is 19.4. The van der Waals surface area contributed by atoms with E-state index in [1.807, 2.05) is 30.3 Å². The van der Waals surface area contributed by atoms with Gasteiger partial charge in [-0.15, -0.1) is 11.6 Å². The Morgan fingerprint density at radius 2 is 1.81 bits per heavy atom. The number of ether oxygens (including phenoxy) is 1. The highest BCUT2D eigenvalue weighted by molar-refractivity contribution is 6.21. The molecule has 0 unspecified atom stereocenters. The van der Waals surface area contributed by atoms with Crippen LogP contribution in [-0.2, 0) is 9.53 Å². The first-order valence-electron chi connectivity index (χ1n) is 12.0. The van der Waals surface area contributed by atoms with Crippen molar-refractivity contribution in [1.82, 2.24) is 4.90 Å². The van der Waals surface area contributed by atoms with Gasteiger partial charge in [0.1, 0.15) is 6.10 Å². The third kappa shape index (κ3) is 3.41. The predicted molar refractivity (Wildman–Crippen MR) is 121 cm³/mol. The van der Waals surface area contributed by atoms with Gasteiger partial charge in [0, 0.05) is 23.9 Å². The molecule has 5 heteroatoms. The Labute approximate surface area is 190 Å². The quantitative estimate of drug-likeness (QED) is 0.451. The normalized spacial score (nSPS) is 42.2. The van der Waals surface area contributed by atoms with Crippen LogP contribution in [0.4, 0.5) is 0 Å². The number of hydrogen-bond donors (Lipinski definition) is 0. The van der Waals surface area contributed by atoms with Gasteiger partial charge in [0.2, 0.25) is 5.91 Å². The van der Waals surface area contributed by atoms with Crippen LogP contribution in [-0.4, -0.2) is 40.3 Å². The van der Waals surface area contributed by atoms with Gasteiger partial charge in [-0.05, 0) is 81.8 Å². The fraction of sp³-hybridized carbons (Fsp3) is 0.692.